The van der Waals surface area contributed by atoms with Gasteiger partial charge >= 0.3 is 5.97 Å². The highest BCUT2D eigenvalue weighted by Crippen LogP contribution is 2.36. The maximum absolute atomic E-state index is 12.1. The Hall–Kier alpha value is -1.10. The number of rotatable bonds is 7. The van der Waals surface area contributed by atoms with Gasteiger partial charge in [-0.05, 0) is 25.2 Å². The third-order valence-electron chi connectivity index (χ3n) is 4.23. The number of ether oxygens (including phenoxy) is 1. The molecule has 1 N–H and O–H groups in total. The van der Waals surface area contributed by atoms with Crippen molar-refractivity contribution < 1.29 is 19.4 Å². The quantitative estimate of drug-likeness (QED) is 0.778. The standard InChI is InChI=1S/C15H27NO4/c1-4-5-15(14(18)19)6-8-16(9-7-15)13(17)10-12(2)11-20-3/h12H,4-11H2,1-3H3,(H,18,19). The Bertz CT molecular complexity index is 335. The summed E-state index contributed by atoms with van der Waals surface area (Å²) in [5.41, 5.74) is -0.621. The molecule has 5 heteroatoms. The average molecular weight is 285 g/mol. The van der Waals surface area contributed by atoms with Crippen molar-refractivity contribution in [2.45, 2.75) is 46.0 Å². The van der Waals surface area contributed by atoms with Crippen LogP contribution in [0.15, 0.2) is 0 Å². The summed E-state index contributed by atoms with van der Waals surface area (Å²) in [4.78, 5) is 25.4. The van der Waals surface area contributed by atoms with Crippen LogP contribution in [-0.4, -0.2) is 48.7 Å². The first-order valence-corrected chi connectivity index (χ1v) is 7.45. The number of hydrogen-bond donors (Lipinski definition) is 1. The molecule has 0 saturated carbocycles. The van der Waals surface area contributed by atoms with Crippen LogP contribution in [0.1, 0.15) is 46.0 Å². The third-order valence-corrected chi connectivity index (χ3v) is 4.23. The van der Waals surface area contributed by atoms with Gasteiger partial charge in [-0.1, -0.05) is 20.3 Å². The van der Waals surface area contributed by atoms with Crippen molar-refractivity contribution in [1.29, 1.82) is 0 Å². The largest absolute Gasteiger partial charge is 0.481 e. The molecular weight excluding hydrogens is 258 g/mol. The predicted octanol–water partition coefficient (Wildman–Crippen LogP) is 2.15. The lowest BCUT2D eigenvalue weighted by Gasteiger charge is -2.39. The first-order chi connectivity index (χ1) is 9.45. The Kier molecular flexibility index (Phi) is 6.46. The second-order valence-electron chi connectivity index (χ2n) is 5.98. The number of carbonyl (C=O) groups is 2. The molecule has 1 heterocycles. The van der Waals surface area contributed by atoms with E-state index in [4.69, 9.17) is 4.74 Å². The van der Waals surface area contributed by atoms with Gasteiger partial charge in [-0.3, -0.25) is 9.59 Å². The average Bonchev–Trinajstić information content (AvgIpc) is 2.39. The van der Waals surface area contributed by atoms with Crippen LogP contribution in [-0.2, 0) is 14.3 Å². The number of likely N-dealkylation sites (tertiary alicyclic amines) is 1. The lowest BCUT2D eigenvalue weighted by atomic mass is 9.75. The molecular formula is C15H27NO4. The maximum Gasteiger partial charge on any atom is 0.309 e. The fourth-order valence-corrected chi connectivity index (χ4v) is 3.00. The predicted molar refractivity (Wildman–Crippen MR) is 76.4 cm³/mol. The van der Waals surface area contributed by atoms with Gasteiger partial charge in [0.05, 0.1) is 5.41 Å². The summed E-state index contributed by atoms with van der Waals surface area (Å²) in [6.45, 7) is 5.70. The number of carbonyl (C=O) groups excluding carboxylic acids is 1. The monoisotopic (exact) mass is 285 g/mol. The van der Waals surface area contributed by atoms with E-state index in [-0.39, 0.29) is 11.8 Å². The van der Waals surface area contributed by atoms with Crippen LogP contribution in [0, 0.1) is 11.3 Å². The molecule has 1 amide bonds. The van der Waals surface area contributed by atoms with E-state index in [9.17, 15) is 14.7 Å². The van der Waals surface area contributed by atoms with Crippen molar-refractivity contribution in [3.63, 3.8) is 0 Å². The van der Waals surface area contributed by atoms with E-state index in [0.717, 1.165) is 6.42 Å². The highest BCUT2D eigenvalue weighted by molar-refractivity contribution is 5.78. The smallest absolute Gasteiger partial charge is 0.309 e. The molecule has 5 nitrogen and oxygen atoms in total. The number of carboxylic acid groups (broad SMARTS) is 1. The van der Waals surface area contributed by atoms with Gasteiger partial charge < -0.3 is 14.7 Å². The molecule has 0 aromatic rings. The van der Waals surface area contributed by atoms with E-state index in [1.165, 1.54) is 0 Å². The molecule has 20 heavy (non-hydrogen) atoms. The molecule has 0 aromatic heterocycles. The second kappa shape index (κ2) is 7.62. The fourth-order valence-electron chi connectivity index (χ4n) is 3.00. The van der Waals surface area contributed by atoms with Crippen molar-refractivity contribution in [3.05, 3.63) is 0 Å². The van der Waals surface area contributed by atoms with E-state index in [2.05, 4.69) is 0 Å². The van der Waals surface area contributed by atoms with Gasteiger partial charge in [-0.15, -0.1) is 0 Å². The summed E-state index contributed by atoms with van der Waals surface area (Å²) >= 11 is 0. The van der Waals surface area contributed by atoms with Gasteiger partial charge in [0.15, 0.2) is 0 Å². The van der Waals surface area contributed by atoms with Crippen LogP contribution < -0.4 is 0 Å². The van der Waals surface area contributed by atoms with Gasteiger partial charge in [0, 0.05) is 33.2 Å². The molecule has 0 bridgehead atoms. The number of piperidine rings is 1. The molecule has 116 valence electrons. The summed E-state index contributed by atoms with van der Waals surface area (Å²) < 4.78 is 5.04. The van der Waals surface area contributed by atoms with Crippen LogP contribution in [0.4, 0.5) is 0 Å². The maximum atomic E-state index is 12.1. The number of nitrogens with zero attached hydrogens (tertiary/aromatic N) is 1. The molecule has 0 aromatic carbocycles. The summed E-state index contributed by atoms with van der Waals surface area (Å²) in [5, 5.41) is 9.44. The van der Waals surface area contributed by atoms with Crippen LogP contribution in [0.3, 0.4) is 0 Å². The summed E-state index contributed by atoms with van der Waals surface area (Å²) in [7, 11) is 1.63. The van der Waals surface area contributed by atoms with Crippen LogP contribution in [0.2, 0.25) is 0 Å². The molecule has 1 rings (SSSR count). The number of hydrogen-bond acceptors (Lipinski definition) is 3. The topological polar surface area (TPSA) is 66.8 Å². The molecule has 1 fully saturated rings. The van der Waals surface area contributed by atoms with Crippen molar-refractivity contribution >= 4 is 11.9 Å². The third kappa shape index (κ3) is 4.20. The van der Waals surface area contributed by atoms with Gasteiger partial charge in [0.25, 0.3) is 0 Å². The van der Waals surface area contributed by atoms with Gasteiger partial charge in [0.1, 0.15) is 0 Å². The Balaban J connectivity index is 2.52. The molecule has 1 aliphatic heterocycles. The number of aliphatic carboxylic acids is 1. The molecule has 0 radical (unpaired) electrons. The molecule has 0 spiro atoms. The number of amides is 1. The van der Waals surface area contributed by atoms with Crippen molar-refractivity contribution in [3.8, 4) is 0 Å². The molecule has 1 atom stereocenters. The van der Waals surface area contributed by atoms with Crippen LogP contribution in [0.5, 0.6) is 0 Å². The van der Waals surface area contributed by atoms with Gasteiger partial charge in [-0.25, -0.2) is 0 Å². The van der Waals surface area contributed by atoms with E-state index >= 15 is 0 Å². The molecule has 1 saturated heterocycles. The zero-order valence-corrected chi connectivity index (χ0v) is 12.9. The molecule has 1 aliphatic rings. The van der Waals surface area contributed by atoms with E-state index in [1.54, 1.807) is 7.11 Å². The fraction of sp³-hybridized carbons (Fsp3) is 0.867. The van der Waals surface area contributed by atoms with Gasteiger partial charge in [0.2, 0.25) is 5.91 Å². The minimum absolute atomic E-state index is 0.116. The second-order valence-corrected chi connectivity index (χ2v) is 5.98. The summed E-state index contributed by atoms with van der Waals surface area (Å²) in [5.74, 6) is -0.390. The Labute approximate surface area is 121 Å². The van der Waals surface area contributed by atoms with Gasteiger partial charge in [-0.2, -0.15) is 0 Å². The van der Waals surface area contributed by atoms with Crippen LogP contribution >= 0.6 is 0 Å². The number of methoxy groups -OCH3 is 1. The molecule has 0 aliphatic carbocycles. The van der Waals surface area contributed by atoms with E-state index in [0.29, 0.717) is 45.4 Å². The normalized spacial score (nSPS) is 19.6. The summed E-state index contributed by atoms with van der Waals surface area (Å²) in [6, 6.07) is 0. The zero-order chi connectivity index (χ0) is 15.2. The Morgan fingerprint density at radius 2 is 1.95 bits per heavy atom. The van der Waals surface area contributed by atoms with Crippen molar-refractivity contribution in [1.82, 2.24) is 4.90 Å². The Morgan fingerprint density at radius 1 is 1.35 bits per heavy atom. The van der Waals surface area contributed by atoms with E-state index in [1.807, 2.05) is 18.7 Å². The first kappa shape index (κ1) is 17.0. The molecule has 1 unspecified atom stereocenters. The van der Waals surface area contributed by atoms with Crippen molar-refractivity contribution in [2.24, 2.45) is 11.3 Å². The highest BCUT2D eigenvalue weighted by Gasteiger charge is 2.41. The van der Waals surface area contributed by atoms with E-state index < -0.39 is 11.4 Å². The Morgan fingerprint density at radius 3 is 2.40 bits per heavy atom. The number of carboxylic acids is 1. The lowest BCUT2D eigenvalue weighted by Crippen LogP contribution is -2.46. The minimum atomic E-state index is -0.709. The zero-order valence-electron chi connectivity index (χ0n) is 12.9. The lowest BCUT2D eigenvalue weighted by molar-refractivity contribution is -0.155. The van der Waals surface area contributed by atoms with Crippen LogP contribution in [0.25, 0.3) is 0 Å². The first-order valence-electron chi connectivity index (χ1n) is 7.45. The van der Waals surface area contributed by atoms with Crippen molar-refractivity contribution in [2.75, 3.05) is 26.8 Å². The minimum Gasteiger partial charge on any atom is -0.481 e. The highest BCUT2D eigenvalue weighted by atomic mass is 16.5. The summed E-state index contributed by atoms with van der Waals surface area (Å²) in [6.07, 6.45) is 3.18. The SMILES string of the molecule is CCCC1(C(=O)O)CCN(C(=O)CC(C)COC)CC1.